The third kappa shape index (κ3) is 2.16. The fourth-order valence-electron chi connectivity index (χ4n) is 2.01. The minimum atomic E-state index is -0.563. The average Bonchev–Trinajstić information content (AvgIpc) is 2.35. The molecule has 5 heteroatoms. The Labute approximate surface area is 113 Å². The highest BCUT2D eigenvalue weighted by molar-refractivity contribution is 9.12. The monoisotopic (exact) mass is 310 g/mol. The van der Waals surface area contributed by atoms with Crippen LogP contribution in [0, 0.1) is 10.8 Å². The number of esters is 1. The van der Waals surface area contributed by atoms with Gasteiger partial charge < -0.3 is 14.2 Å². The SMILES string of the molecule is COc1ccc(OC)c2c1CC2OC(=O)C#CBr. The van der Waals surface area contributed by atoms with Crippen LogP contribution in [-0.2, 0) is 16.0 Å². The lowest BCUT2D eigenvalue weighted by Gasteiger charge is -2.32. The number of rotatable bonds is 3. The second kappa shape index (κ2) is 5.32. The minimum Gasteiger partial charge on any atom is -0.496 e. The van der Waals surface area contributed by atoms with E-state index in [1.165, 1.54) is 0 Å². The number of carbonyl (C=O) groups is 1. The number of methoxy groups -OCH3 is 2. The molecule has 1 aromatic carbocycles. The van der Waals surface area contributed by atoms with Crippen molar-refractivity contribution in [2.24, 2.45) is 0 Å². The standard InChI is InChI=1S/C13H11BrO4/c1-16-9-3-4-10(17-2)13-8(9)7-11(13)18-12(15)5-6-14/h3-4,11H,7H2,1-2H3. The van der Waals surface area contributed by atoms with Crippen molar-refractivity contribution in [2.75, 3.05) is 14.2 Å². The molecular weight excluding hydrogens is 300 g/mol. The van der Waals surface area contributed by atoms with Crippen molar-refractivity contribution in [1.82, 2.24) is 0 Å². The van der Waals surface area contributed by atoms with E-state index in [0.717, 1.165) is 16.9 Å². The zero-order chi connectivity index (χ0) is 13.1. The van der Waals surface area contributed by atoms with Gasteiger partial charge in [0.25, 0.3) is 0 Å². The summed E-state index contributed by atoms with van der Waals surface area (Å²) in [7, 11) is 3.19. The second-order valence-electron chi connectivity index (χ2n) is 3.68. The van der Waals surface area contributed by atoms with E-state index in [0.29, 0.717) is 12.2 Å². The Morgan fingerprint density at radius 2 is 2.00 bits per heavy atom. The molecule has 1 aliphatic rings. The molecule has 18 heavy (non-hydrogen) atoms. The van der Waals surface area contributed by atoms with Crippen LogP contribution < -0.4 is 9.47 Å². The van der Waals surface area contributed by atoms with Crippen LogP contribution in [0.1, 0.15) is 17.2 Å². The predicted octanol–water partition coefficient (Wildman–Crippen LogP) is 2.20. The number of fused-ring (bicyclic) bond motifs is 1. The lowest BCUT2D eigenvalue weighted by atomic mass is 9.83. The Morgan fingerprint density at radius 1 is 1.33 bits per heavy atom. The molecule has 0 bridgehead atoms. The molecule has 4 nitrogen and oxygen atoms in total. The van der Waals surface area contributed by atoms with Crippen molar-refractivity contribution < 1.29 is 19.0 Å². The molecule has 1 aromatic rings. The van der Waals surface area contributed by atoms with Crippen molar-refractivity contribution in [3.05, 3.63) is 23.3 Å². The van der Waals surface area contributed by atoms with Crippen LogP contribution in [-0.4, -0.2) is 20.2 Å². The predicted molar refractivity (Wildman–Crippen MR) is 68.8 cm³/mol. The first-order valence-corrected chi connectivity index (χ1v) is 6.06. The zero-order valence-corrected chi connectivity index (χ0v) is 11.5. The van der Waals surface area contributed by atoms with Crippen molar-refractivity contribution >= 4 is 21.9 Å². The largest absolute Gasteiger partial charge is 0.496 e. The molecule has 0 aliphatic heterocycles. The van der Waals surface area contributed by atoms with E-state index in [2.05, 4.69) is 26.7 Å². The van der Waals surface area contributed by atoms with Crippen molar-refractivity contribution in [3.63, 3.8) is 0 Å². The highest BCUT2D eigenvalue weighted by Gasteiger charge is 2.35. The molecule has 0 N–H and O–H groups in total. The molecule has 0 aromatic heterocycles. The van der Waals surface area contributed by atoms with Gasteiger partial charge in [0.1, 0.15) is 17.6 Å². The first kappa shape index (κ1) is 12.8. The maximum absolute atomic E-state index is 11.3. The lowest BCUT2D eigenvalue weighted by Crippen LogP contribution is -2.24. The van der Waals surface area contributed by atoms with Gasteiger partial charge in [-0.1, -0.05) is 0 Å². The molecule has 0 radical (unpaired) electrons. The molecule has 1 aliphatic carbocycles. The van der Waals surface area contributed by atoms with Crippen molar-refractivity contribution in [3.8, 4) is 22.2 Å². The van der Waals surface area contributed by atoms with E-state index in [9.17, 15) is 4.79 Å². The van der Waals surface area contributed by atoms with E-state index >= 15 is 0 Å². The van der Waals surface area contributed by atoms with Gasteiger partial charge in [0.2, 0.25) is 0 Å². The Balaban J connectivity index is 2.26. The van der Waals surface area contributed by atoms with E-state index < -0.39 is 5.97 Å². The van der Waals surface area contributed by atoms with Gasteiger partial charge in [-0.15, -0.1) is 0 Å². The number of carbonyl (C=O) groups excluding carboxylic acids is 1. The van der Waals surface area contributed by atoms with E-state index in [1.54, 1.807) is 20.3 Å². The second-order valence-corrected chi connectivity index (χ2v) is 4.08. The highest BCUT2D eigenvalue weighted by Crippen LogP contribution is 2.46. The van der Waals surface area contributed by atoms with Crippen LogP contribution in [0.25, 0.3) is 0 Å². The van der Waals surface area contributed by atoms with Crippen LogP contribution in [0.3, 0.4) is 0 Å². The van der Waals surface area contributed by atoms with Crippen LogP contribution in [0.5, 0.6) is 11.5 Å². The van der Waals surface area contributed by atoms with Crippen LogP contribution in [0.4, 0.5) is 0 Å². The number of ether oxygens (including phenoxy) is 3. The van der Waals surface area contributed by atoms with E-state index in [-0.39, 0.29) is 6.10 Å². The quantitative estimate of drug-likeness (QED) is 0.634. The minimum absolute atomic E-state index is 0.314. The third-order valence-electron chi connectivity index (χ3n) is 2.82. The summed E-state index contributed by atoms with van der Waals surface area (Å²) in [6, 6.07) is 3.64. The van der Waals surface area contributed by atoms with E-state index in [4.69, 9.17) is 14.2 Å². The summed E-state index contributed by atoms with van der Waals surface area (Å²) >= 11 is 2.86. The number of hydrogen-bond donors (Lipinski definition) is 0. The Bertz CT molecular complexity index is 542. The molecular formula is C13H11BrO4. The molecule has 1 atom stereocenters. The fraction of sp³-hybridized carbons (Fsp3) is 0.308. The summed E-state index contributed by atoms with van der Waals surface area (Å²) in [5, 5.41) is 0. The van der Waals surface area contributed by atoms with Crippen LogP contribution in [0.2, 0.25) is 0 Å². The topological polar surface area (TPSA) is 44.8 Å². The molecule has 0 saturated heterocycles. The summed E-state index contributed by atoms with van der Waals surface area (Å²) in [6.07, 6.45) is 0.302. The van der Waals surface area contributed by atoms with Gasteiger partial charge in [0.05, 0.1) is 14.2 Å². The van der Waals surface area contributed by atoms with Crippen molar-refractivity contribution in [1.29, 1.82) is 0 Å². The zero-order valence-electron chi connectivity index (χ0n) is 9.95. The first-order valence-electron chi connectivity index (χ1n) is 5.27. The first-order chi connectivity index (χ1) is 8.71. The smallest absolute Gasteiger partial charge is 0.385 e. The summed E-state index contributed by atoms with van der Waals surface area (Å²) in [5.74, 6) is 3.19. The maximum Gasteiger partial charge on any atom is 0.385 e. The van der Waals surface area contributed by atoms with E-state index in [1.807, 2.05) is 6.07 Å². The molecule has 94 valence electrons. The molecule has 0 saturated carbocycles. The molecule has 2 rings (SSSR count). The lowest BCUT2D eigenvalue weighted by molar-refractivity contribution is -0.143. The normalized spacial score (nSPS) is 15.6. The molecule has 0 heterocycles. The Morgan fingerprint density at radius 3 is 2.61 bits per heavy atom. The summed E-state index contributed by atoms with van der Waals surface area (Å²) < 4.78 is 15.7. The fourth-order valence-corrected chi connectivity index (χ4v) is 2.17. The van der Waals surface area contributed by atoms with Gasteiger partial charge in [0.15, 0.2) is 0 Å². The van der Waals surface area contributed by atoms with Crippen LogP contribution >= 0.6 is 15.9 Å². The van der Waals surface area contributed by atoms with Gasteiger partial charge >= 0.3 is 5.97 Å². The summed E-state index contributed by atoms with van der Waals surface area (Å²) in [6.45, 7) is 0. The van der Waals surface area contributed by atoms with Crippen molar-refractivity contribution in [2.45, 2.75) is 12.5 Å². The Hall–Kier alpha value is -1.67. The van der Waals surface area contributed by atoms with Gasteiger partial charge in [-0.25, -0.2) is 4.79 Å². The molecule has 0 fully saturated rings. The van der Waals surface area contributed by atoms with Gasteiger partial charge in [-0.05, 0) is 17.0 Å². The van der Waals surface area contributed by atoms with Gasteiger partial charge in [0, 0.05) is 39.4 Å². The number of benzene rings is 1. The molecule has 0 amide bonds. The number of halogens is 1. The average molecular weight is 311 g/mol. The third-order valence-corrected chi connectivity index (χ3v) is 3.02. The Kier molecular flexibility index (Phi) is 3.78. The molecule has 1 unspecified atom stereocenters. The number of hydrogen-bond acceptors (Lipinski definition) is 4. The van der Waals surface area contributed by atoms with Gasteiger partial charge in [-0.3, -0.25) is 0 Å². The summed E-state index contributed by atoms with van der Waals surface area (Å²) in [5.41, 5.74) is 1.88. The summed E-state index contributed by atoms with van der Waals surface area (Å²) in [4.78, 5) is 13.6. The highest BCUT2D eigenvalue weighted by atomic mass is 79.9. The van der Waals surface area contributed by atoms with Crippen LogP contribution in [0.15, 0.2) is 12.1 Å². The van der Waals surface area contributed by atoms with Gasteiger partial charge in [-0.2, -0.15) is 0 Å². The molecule has 0 spiro atoms. The maximum atomic E-state index is 11.3.